The van der Waals surface area contributed by atoms with Gasteiger partial charge in [-0.3, -0.25) is 0 Å². The van der Waals surface area contributed by atoms with E-state index in [1.807, 2.05) is 60.7 Å². The van der Waals surface area contributed by atoms with Crippen LogP contribution in [0.1, 0.15) is 0 Å². The molecule has 0 spiro atoms. The summed E-state index contributed by atoms with van der Waals surface area (Å²) < 4.78 is 0. The SMILES string of the molecule is c1ccc(-c2nc(-c3ccccc3)nc(-c3ccc4c(c3)-c3ccc(-c5ccccc5)c5cccc-4c35)n2)cc1. The maximum absolute atomic E-state index is 4.95. The molecule has 0 aliphatic heterocycles. The van der Waals surface area contributed by atoms with Crippen LogP contribution in [0.2, 0.25) is 0 Å². The van der Waals surface area contributed by atoms with Gasteiger partial charge in [-0.15, -0.1) is 0 Å². The van der Waals surface area contributed by atoms with Crippen molar-refractivity contribution in [2.24, 2.45) is 0 Å². The Balaban J connectivity index is 1.31. The van der Waals surface area contributed by atoms with Crippen LogP contribution in [0.3, 0.4) is 0 Å². The summed E-state index contributed by atoms with van der Waals surface area (Å²) in [5.74, 6) is 2.01. The predicted molar refractivity (Wildman–Crippen MR) is 164 cm³/mol. The monoisotopic (exact) mass is 509 g/mol. The van der Waals surface area contributed by atoms with Crippen molar-refractivity contribution in [3.05, 3.63) is 140 Å². The van der Waals surface area contributed by atoms with Crippen molar-refractivity contribution in [1.29, 1.82) is 0 Å². The van der Waals surface area contributed by atoms with Crippen LogP contribution in [0.4, 0.5) is 0 Å². The predicted octanol–water partition coefficient (Wildman–Crippen LogP) is 9.34. The fraction of sp³-hybridized carbons (Fsp3) is 0. The van der Waals surface area contributed by atoms with Crippen LogP contribution in [-0.4, -0.2) is 15.0 Å². The second-order valence-electron chi connectivity index (χ2n) is 10.1. The number of hydrogen-bond donors (Lipinski definition) is 0. The zero-order valence-corrected chi connectivity index (χ0v) is 21.6. The Morgan fingerprint density at radius 2 is 0.800 bits per heavy atom. The average molecular weight is 510 g/mol. The van der Waals surface area contributed by atoms with E-state index in [9.17, 15) is 0 Å². The molecular weight excluding hydrogens is 486 g/mol. The normalized spacial score (nSPS) is 11.5. The number of nitrogens with zero attached hydrogens (tertiary/aromatic N) is 3. The fourth-order valence-corrected chi connectivity index (χ4v) is 5.80. The van der Waals surface area contributed by atoms with Crippen molar-refractivity contribution < 1.29 is 0 Å². The van der Waals surface area contributed by atoms with Crippen LogP contribution < -0.4 is 0 Å². The lowest BCUT2D eigenvalue weighted by atomic mass is 9.94. The van der Waals surface area contributed by atoms with Gasteiger partial charge < -0.3 is 0 Å². The van der Waals surface area contributed by atoms with E-state index in [1.54, 1.807) is 0 Å². The zero-order chi connectivity index (χ0) is 26.5. The van der Waals surface area contributed by atoms with Gasteiger partial charge in [-0.2, -0.15) is 0 Å². The molecule has 0 atom stereocenters. The highest BCUT2D eigenvalue weighted by Crippen LogP contribution is 2.50. The van der Waals surface area contributed by atoms with E-state index >= 15 is 0 Å². The third kappa shape index (κ3) is 3.63. The molecule has 40 heavy (non-hydrogen) atoms. The minimum absolute atomic E-state index is 0.669. The highest BCUT2D eigenvalue weighted by atomic mass is 15.0. The lowest BCUT2D eigenvalue weighted by Gasteiger charge is -2.10. The highest BCUT2D eigenvalue weighted by molar-refractivity contribution is 6.19. The van der Waals surface area contributed by atoms with E-state index in [4.69, 9.17) is 15.0 Å². The van der Waals surface area contributed by atoms with E-state index in [2.05, 4.69) is 78.9 Å². The molecule has 0 unspecified atom stereocenters. The molecule has 1 aromatic heterocycles. The van der Waals surface area contributed by atoms with Gasteiger partial charge >= 0.3 is 0 Å². The van der Waals surface area contributed by atoms with E-state index in [0.717, 1.165) is 16.7 Å². The summed E-state index contributed by atoms with van der Waals surface area (Å²) in [5, 5.41) is 2.58. The van der Waals surface area contributed by atoms with Crippen LogP contribution in [0, 0.1) is 0 Å². The van der Waals surface area contributed by atoms with Crippen molar-refractivity contribution in [2.75, 3.05) is 0 Å². The van der Waals surface area contributed by atoms with Crippen molar-refractivity contribution >= 4 is 10.8 Å². The van der Waals surface area contributed by atoms with Gasteiger partial charge in [0.1, 0.15) is 0 Å². The molecule has 8 rings (SSSR count). The van der Waals surface area contributed by atoms with Crippen LogP contribution in [0.25, 0.3) is 78.3 Å². The van der Waals surface area contributed by atoms with Crippen molar-refractivity contribution in [2.45, 2.75) is 0 Å². The Hall–Kier alpha value is -5.41. The average Bonchev–Trinajstić information content (AvgIpc) is 3.36. The van der Waals surface area contributed by atoms with Gasteiger partial charge in [-0.05, 0) is 50.2 Å². The minimum Gasteiger partial charge on any atom is -0.208 e. The number of fused-ring (bicyclic) bond motifs is 3. The smallest absolute Gasteiger partial charge is 0.164 e. The van der Waals surface area contributed by atoms with E-state index in [0.29, 0.717) is 17.5 Å². The van der Waals surface area contributed by atoms with E-state index in [1.165, 1.54) is 44.2 Å². The Bertz CT molecular complexity index is 1970. The maximum atomic E-state index is 4.95. The Kier molecular flexibility index (Phi) is 5.14. The Labute approximate surface area is 232 Å². The molecule has 6 aromatic carbocycles. The van der Waals surface area contributed by atoms with Crippen molar-refractivity contribution in [1.82, 2.24) is 15.0 Å². The number of rotatable bonds is 4. The van der Waals surface area contributed by atoms with Crippen LogP contribution in [0.5, 0.6) is 0 Å². The summed E-state index contributed by atoms with van der Waals surface area (Å²) in [6, 6.07) is 48.6. The first-order chi connectivity index (χ1) is 19.8. The summed E-state index contributed by atoms with van der Waals surface area (Å²) in [7, 11) is 0. The van der Waals surface area contributed by atoms with E-state index in [-0.39, 0.29) is 0 Å². The molecule has 3 nitrogen and oxygen atoms in total. The van der Waals surface area contributed by atoms with Gasteiger partial charge in [-0.1, -0.05) is 133 Å². The standard InChI is InChI=1S/C37H23N3/c1-4-11-24(12-5-1)28-21-22-32-33-23-27(19-20-29(33)31-18-10-17-30(28)34(31)32)37-39-35(25-13-6-2-7-14-25)38-36(40-37)26-15-8-3-9-16-26/h1-23H. The van der Waals surface area contributed by atoms with Crippen LogP contribution in [0.15, 0.2) is 140 Å². The Morgan fingerprint density at radius 1 is 0.300 bits per heavy atom. The quantitative estimate of drug-likeness (QED) is 0.237. The molecule has 0 bridgehead atoms. The molecule has 0 N–H and O–H groups in total. The van der Waals surface area contributed by atoms with Gasteiger partial charge in [0.15, 0.2) is 17.5 Å². The largest absolute Gasteiger partial charge is 0.208 e. The van der Waals surface area contributed by atoms with Crippen LogP contribution in [-0.2, 0) is 0 Å². The van der Waals surface area contributed by atoms with Crippen molar-refractivity contribution in [3.63, 3.8) is 0 Å². The summed E-state index contributed by atoms with van der Waals surface area (Å²) in [4.78, 5) is 14.8. The summed E-state index contributed by atoms with van der Waals surface area (Å²) in [5.41, 5.74) is 10.4. The van der Waals surface area contributed by atoms with Gasteiger partial charge in [0.05, 0.1) is 0 Å². The lowest BCUT2D eigenvalue weighted by Crippen LogP contribution is -2.00. The highest BCUT2D eigenvalue weighted by Gasteiger charge is 2.24. The Morgan fingerprint density at radius 3 is 1.43 bits per heavy atom. The molecule has 0 radical (unpaired) electrons. The molecule has 1 heterocycles. The first-order valence-electron chi connectivity index (χ1n) is 13.5. The molecule has 1 aliphatic carbocycles. The zero-order valence-electron chi connectivity index (χ0n) is 21.6. The number of benzene rings is 6. The second kappa shape index (κ2) is 9.11. The third-order valence-corrected chi connectivity index (χ3v) is 7.68. The molecule has 0 saturated carbocycles. The topological polar surface area (TPSA) is 38.7 Å². The maximum Gasteiger partial charge on any atom is 0.164 e. The van der Waals surface area contributed by atoms with Crippen molar-refractivity contribution in [3.8, 4) is 67.5 Å². The molecule has 7 aromatic rings. The molecular formula is C37H23N3. The van der Waals surface area contributed by atoms with Crippen LogP contribution >= 0.6 is 0 Å². The lowest BCUT2D eigenvalue weighted by molar-refractivity contribution is 1.07. The van der Waals surface area contributed by atoms with Gasteiger partial charge in [0.25, 0.3) is 0 Å². The fourth-order valence-electron chi connectivity index (χ4n) is 5.80. The van der Waals surface area contributed by atoms with Gasteiger partial charge in [0.2, 0.25) is 0 Å². The summed E-state index contributed by atoms with van der Waals surface area (Å²) in [6.07, 6.45) is 0. The van der Waals surface area contributed by atoms with Gasteiger partial charge in [-0.25, -0.2) is 15.0 Å². The molecule has 186 valence electrons. The molecule has 3 heteroatoms. The third-order valence-electron chi connectivity index (χ3n) is 7.68. The summed E-state index contributed by atoms with van der Waals surface area (Å²) in [6.45, 7) is 0. The molecule has 0 amide bonds. The first kappa shape index (κ1) is 22.6. The van der Waals surface area contributed by atoms with Gasteiger partial charge in [0, 0.05) is 16.7 Å². The molecule has 1 aliphatic rings. The van der Waals surface area contributed by atoms with E-state index < -0.39 is 0 Å². The number of hydrogen-bond acceptors (Lipinski definition) is 3. The number of aromatic nitrogens is 3. The molecule has 0 saturated heterocycles. The minimum atomic E-state index is 0.669. The summed E-state index contributed by atoms with van der Waals surface area (Å²) >= 11 is 0. The molecule has 0 fully saturated rings. The first-order valence-corrected chi connectivity index (χ1v) is 13.5. The second-order valence-corrected chi connectivity index (χ2v) is 10.1.